The summed E-state index contributed by atoms with van der Waals surface area (Å²) in [6, 6.07) is 22.6. The number of rotatable bonds is 12. The average Bonchev–Trinajstić information content (AvgIpc) is 3.95. The Bertz CT molecular complexity index is 2060. The lowest BCUT2D eigenvalue weighted by Crippen LogP contribution is -2.40. The fourth-order valence-electron chi connectivity index (χ4n) is 7.85. The van der Waals surface area contributed by atoms with E-state index in [0.29, 0.717) is 36.9 Å². The molecule has 1 aromatic heterocycles. The van der Waals surface area contributed by atoms with Gasteiger partial charge >= 0.3 is 6.09 Å². The zero-order valence-corrected chi connectivity index (χ0v) is 33.6. The molecule has 2 amide bonds. The van der Waals surface area contributed by atoms with E-state index >= 15 is 0 Å². The third kappa shape index (κ3) is 9.24. The molecular formula is C45H56N4O6. The maximum Gasteiger partial charge on any atom is 0.410 e. The number of methoxy groups -OCH3 is 1. The first kappa shape index (κ1) is 39.6. The van der Waals surface area contributed by atoms with E-state index in [9.17, 15) is 14.4 Å². The van der Waals surface area contributed by atoms with Crippen LogP contribution in [-0.2, 0) is 22.6 Å². The third-order valence-corrected chi connectivity index (χ3v) is 10.8. The number of hydrogen-bond donors (Lipinski definition) is 2. The summed E-state index contributed by atoms with van der Waals surface area (Å²) in [5, 5.41) is 3.05. The summed E-state index contributed by atoms with van der Waals surface area (Å²) < 4.78 is 17.2. The van der Waals surface area contributed by atoms with Crippen molar-refractivity contribution in [3.05, 3.63) is 116 Å². The highest BCUT2D eigenvalue weighted by molar-refractivity contribution is 5.99. The number of H-pyrrole nitrogens is 1. The number of hydrogen-bond acceptors (Lipinski definition) is 7. The number of carbonyl (C=O) groups excluding carboxylic acids is 2. The van der Waals surface area contributed by atoms with Gasteiger partial charge in [0.05, 0.1) is 13.7 Å². The number of anilines is 1. The van der Waals surface area contributed by atoms with Gasteiger partial charge in [-0.05, 0) is 120 Å². The number of amides is 2. The first-order valence-corrected chi connectivity index (χ1v) is 19.5. The second-order valence-corrected chi connectivity index (χ2v) is 15.9. The van der Waals surface area contributed by atoms with Crippen LogP contribution in [0, 0.1) is 20.8 Å². The lowest BCUT2D eigenvalue weighted by molar-refractivity contribution is 0.0211. The number of aryl methyl sites for hydroxylation is 2. The van der Waals surface area contributed by atoms with Crippen molar-refractivity contribution in [1.82, 2.24) is 15.2 Å². The zero-order valence-electron chi connectivity index (χ0n) is 33.6. The molecule has 55 heavy (non-hydrogen) atoms. The summed E-state index contributed by atoms with van der Waals surface area (Å²) in [7, 11) is 1.64. The molecule has 292 valence electrons. The maximum atomic E-state index is 14.0. The number of benzene rings is 3. The lowest BCUT2D eigenvalue weighted by atomic mass is 9.94. The molecule has 10 nitrogen and oxygen atoms in total. The van der Waals surface area contributed by atoms with E-state index in [2.05, 4.69) is 52.5 Å². The van der Waals surface area contributed by atoms with Crippen LogP contribution in [0.3, 0.4) is 0 Å². The number of nitrogens with one attached hydrogen (secondary N) is 2. The summed E-state index contributed by atoms with van der Waals surface area (Å²) in [5.41, 5.74) is 7.87. The Morgan fingerprint density at radius 2 is 1.67 bits per heavy atom. The fraction of sp³-hybridized carbons (Fsp3) is 0.444. The highest BCUT2D eigenvalue weighted by Gasteiger charge is 2.46. The Labute approximate surface area is 325 Å². The quantitative estimate of drug-likeness (QED) is 0.150. The van der Waals surface area contributed by atoms with Gasteiger partial charge in [-0.25, -0.2) is 4.79 Å². The molecule has 4 aromatic rings. The van der Waals surface area contributed by atoms with Gasteiger partial charge in [0.25, 0.3) is 11.5 Å². The topological polar surface area (TPSA) is 113 Å². The molecular weight excluding hydrogens is 693 g/mol. The fourth-order valence-corrected chi connectivity index (χ4v) is 7.85. The van der Waals surface area contributed by atoms with Crippen molar-refractivity contribution in [2.45, 2.75) is 104 Å². The van der Waals surface area contributed by atoms with Crippen LogP contribution >= 0.6 is 0 Å². The van der Waals surface area contributed by atoms with E-state index in [-0.39, 0.29) is 36.1 Å². The maximum absolute atomic E-state index is 14.0. The van der Waals surface area contributed by atoms with Crippen LogP contribution in [0.4, 0.5) is 10.5 Å². The van der Waals surface area contributed by atoms with Gasteiger partial charge in [0, 0.05) is 72.4 Å². The molecule has 3 aromatic carbocycles. The lowest BCUT2D eigenvalue weighted by Gasteiger charge is -2.37. The van der Waals surface area contributed by atoms with E-state index in [0.717, 1.165) is 76.3 Å². The second kappa shape index (κ2) is 16.7. The van der Waals surface area contributed by atoms with Crippen LogP contribution in [0.15, 0.2) is 71.5 Å². The molecule has 6 rings (SSSR count). The molecule has 1 saturated carbocycles. The van der Waals surface area contributed by atoms with Crippen LogP contribution in [0.1, 0.15) is 96.7 Å². The van der Waals surface area contributed by atoms with Gasteiger partial charge in [0.2, 0.25) is 0 Å². The van der Waals surface area contributed by atoms with Gasteiger partial charge in [0.15, 0.2) is 0 Å². The van der Waals surface area contributed by atoms with Crippen molar-refractivity contribution in [2.24, 2.45) is 0 Å². The first-order chi connectivity index (χ1) is 26.3. The number of aromatic nitrogens is 1. The number of ether oxygens (including phenoxy) is 3. The average molecular weight is 749 g/mol. The minimum Gasteiger partial charge on any atom is -0.496 e. The van der Waals surface area contributed by atoms with E-state index in [1.807, 2.05) is 82.8 Å². The summed E-state index contributed by atoms with van der Waals surface area (Å²) in [5.74, 6) is 0.668. The monoisotopic (exact) mass is 748 g/mol. The van der Waals surface area contributed by atoms with Gasteiger partial charge in [0.1, 0.15) is 11.4 Å². The third-order valence-electron chi connectivity index (χ3n) is 10.8. The van der Waals surface area contributed by atoms with Gasteiger partial charge < -0.3 is 34.3 Å². The molecule has 2 heterocycles. The van der Waals surface area contributed by atoms with E-state index in [1.165, 1.54) is 0 Å². The molecule has 2 fully saturated rings. The predicted octanol–water partition coefficient (Wildman–Crippen LogP) is 8.20. The summed E-state index contributed by atoms with van der Waals surface area (Å²) >= 11 is 0. The minimum atomic E-state index is -0.625. The van der Waals surface area contributed by atoms with Crippen molar-refractivity contribution in [2.75, 3.05) is 31.8 Å². The standard InChI is InChI=1S/C45H56N4O6/c1-9-48(35-18-20-54-21-19-35)39-24-34(23-36(30(39)4)42(50)46-26-38-28(2)22-29(3)47-43(38)51)31-14-16-32(17-15-31)37-25-40(37)49(44(52)55-45(5,6)7)27-33-12-10-11-13-41(33)53-8/h10-17,22-24,35,37,40H,9,18-21,25-27H2,1-8H3,(H,46,50)(H,47,51)/t37-,40+/m0/s1. The van der Waals surface area contributed by atoms with Crippen molar-refractivity contribution in [3.8, 4) is 16.9 Å². The Morgan fingerprint density at radius 1 is 0.964 bits per heavy atom. The number of nitrogens with zero attached hydrogens (tertiary/aromatic N) is 2. The highest BCUT2D eigenvalue weighted by atomic mass is 16.6. The Morgan fingerprint density at radius 3 is 2.33 bits per heavy atom. The van der Waals surface area contributed by atoms with Gasteiger partial charge in [-0.3, -0.25) is 9.59 Å². The largest absolute Gasteiger partial charge is 0.496 e. The molecule has 10 heteroatoms. The van der Waals surface area contributed by atoms with Crippen LogP contribution in [0.2, 0.25) is 0 Å². The smallest absolute Gasteiger partial charge is 0.410 e. The Kier molecular flexibility index (Phi) is 12.0. The van der Waals surface area contributed by atoms with E-state index < -0.39 is 5.60 Å². The molecule has 0 unspecified atom stereocenters. The van der Waals surface area contributed by atoms with E-state index in [4.69, 9.17) is 14.2 Å². The number of para-hydroxylation sites is 1. The van der Waals surface area contributed by atoms with Crippen molar-refractivity contribution < 1.29 is 23.8 Å². The summed E-state index contributed by atoms with van der Waals surface area (Å²) in [4.78, 5) is 47.4. The second-order valence-electron chi connectivity index (χ2n) is 15.9. The molecule has 2 N–H and O–H groups in total. The first-order valence-electron chi connectivity index (χ1n) is 19.5. The normalized spacial score (nSPS) is 17.0. The Hall–Kier alpha value is -5.09. The summed E-state index contributed by atoms with van der Waals surface area (Å²) in [6.45, 7) is 16.3. The molecule has 1 saturated heterocycles. The van der Waals surface area contributed by atoms with Crippen molar-refractivity contribution in [3.63, 3.8) is 0 Å². The van der Waals surface area contributed by atoms with Gasteiger partial charge in [-0.2, -0.15) is 0 Å². The van der Waals surface area contributed by atoms with Gasteiger partial charge in [-0.1, -0.05) is 42.5 Å². The molecule has 1 aliphatic heterocycles. The van der Waals surface area contributed by atoms with Crippen LogP contribution in [0.25, 0.3) is 11.1 Å². The van der Waals surface area contributed by atoms with Crippen LogP contribution < -0.4 is 20.5 Å². The van der Waals surface area contributed by atoms with Crippen LogP contribution in [-0.4, -0.2) is 66.4 Å². The van der Waals surface area contributed by atoms with E-state index in [1.54, 1.807) is 7.11 Å². The van der Waals surface area contributed by atoms with Crippen LogP contribution in [0.5, 0.6) is 5.75 Å². The highest BCUT2D eigenvalue weighted by Crippen LogP contribution is 2.46. The molecule has 2 aliphatic rings. The van der Waals surface area contributed by atoms with Gasteiger partial charge in [-0.15, -0.1) is 0 Å². The van der Waals surface area contributed by atoms with Crippen molar-refractivity contribution >= 4 is 17.7 Å². The number of aromatic amines is 1. The number of pyridine rings is 1. The molecule has 0 bridgehead atoms. The summed E-state index contributed by atoms with van der Waals surface area (Å²) in [6.07, 6.45) is 2.33. The zero-order chi connectivity index (χ0) is 39.4. The molecule has 0 radical (unpaired) electrons. The Balaban J connectivity index is 1.29. The minimum absolute atomic E-state index is 0.0196. The SMILES string of the molecule is CCN(c1cc(-c2ccc([C@@H]3C[C@H]3N(Cc3ccccc3OC)C(=O)OC(C)(C)C)cc2)cc(C(=O)NCc2c(C)cc(C)[nH]c2=O)c1C)C1CCOCC1. The number of carbonyl (C=O) groups is 2. The molecule has 2 atom stereocenters. The predicted molar refractivity (Wildman–Crippen MR) is 217 cm³/mol. The molecule has 0 spiro atoms. The molecule has 1 aliphatic carbocycles. The van der Waals surface area contributed by atoms with Crippen molar-refractivity contribution in [1.29, 1.82) is 0 Å².